The van der Waals surface area contributed by atoms with E-state index < -0.39 is 0 Å². The first-order chi connectivity index (χ1) is 9.15. The maximum atomic E-state index is 3.66. The molecule has 0 spiro atoms. The Hall–Kier alpha value is -0.130. The molecule has 0 radical (unpaired) electrons. The highest BCUT2D eigenvalue weighted by atomic mass is 127. The van der Waals surface area contributed by atoms with Crippen LogP contribution in [-0.4, -0.2) is 30.1 Å². The van der Waals surface area contributed by atoms with E-state index in [2.05, 4.69) is 70.9 Å². The molecule has 1 aliphatic rings. The van der Waals surface area contributed by atoms with Crippen molar-refractivity contribution in [2.45, 2.75) is 51.7 Å². The van der Waals surface area contributed by atoms with Crippen molar-refractivity contribution in [3.8, 4) is 0 Å². The maximum Gasteiger partial charge on any atom is 0.0237 e. The van der Waals surface area contributed by atoms with Gasteiger partial charge in [-0.05, 0) is 73.5 Å². The molecule has 0 saturated carbocycles. The van der Waals surface area contributed by atoms with Crippen LogP contribution in [0.15, 0.2) is 24.3 Å². The summed E-state index contributed by atoms with van der Waals surface area (Å²) in [6.07, 6.45) is 4.05. The lowest BCUT2D eigenvalue weighted by Crippen LogP contribution is -2.45. The van der Waals surface area contributed by atoms with Crippen LogP contribution >= 0.6 is 22.6 Å². The van der Waals surface area contributed by atoms with Crippen LogP contribution < -0.4 is 5.32 Å². The second-order valence-corrected chi connectivity index (χ2v) is 7.04. The van der Waals surface area contributed by atoms with E-state index in [9.17, 15) is 0 Å². The van der Waals surface area contributed by atoms with E-state index >= 15 is 0 Å². The zero-order valence-corrected chi connectivity index (χ0v) is 14.2. The molecule has 1 atom stereocenters. The van der Waals surface area contributed by atoms with E-state index in [1.165, 1.54) is 41.5 Å². The number of nitrogens with one attached hydrogen (secondary N) is 1. The first-order valence-electron chi connectivity index (χ1n) is 7.37. The van der Waals surface area contributed by atoms with Gasteiger partial charge in [0.05, 0.1) is 0 Å². The molecule has 1 aromatic carbocycles. The Kier molecular flexibility index (Phi) is 6.10. The molecule has 0 amide bonds. The van der Waals surface area contributed by atoms with Crippen molar-refractivity contribution in [1.82, 2.24) is 10.2 Å². The van der Waals surface area contributed by atoms with Gasteiger partial charge in [0.15, 0.2) is 0 Å². The number of rotatable bonds is 5. The molecule has 106 valence electrons. The molecule has 0 aliphatic carbocycles. The topological polar surface area (TPSA) is 15.3 Å². The summed E-state index contributed by atoms with van der Waals surface area (Å²) in [4.78, 5) is 2.59. The first-order valence-corrected chi connectivity index (χ1v) is 8.45. The molecule has 1 N–H and O–H groups in total. The van der Waals surface area contributed by atoms with Gasteiger partial charge in [-0.15, -0.1) is 0 Å². The van der Waals surface area contributed by atoms with E-state index in [-0.39, 0.29) is 0 Å². The van der Waals surface area contributed by atoms with Crippen LogP contribution in [0.4, 0.5) is 0 Å². The van der Waals surface area contributed by atoms with Crippen molar-refractivity contribution in [1.29, 1.82) is 0 Å². The fourth-order valence-corrected chi connectivity index (χ4v) is 3.00. The Labute approximate surface area is 131 Å². The summed E-state index contributed by atoms with van der Waals surface area (Å²) >= 11 is 2.36. The smallest absolute Gasteiger partial charge is 0.0237 e. The average Bonchev–Trinajstić information content (AvgIpc) is 2.41. The van der Waals surface area contributed by atoms with Crippen LogP contribution in [0.25, 0.3) is 0 Å². The lowest BCUT2D eigenvalue weighted by atomic mass is 10.0. The number of halogens is 1. The lowest BCUT2D eigenvalue weighted by Gasteiger charge is -2.33. The summed E-state index contributed by atoms with van der Waals surface area (Å²) in [6, 6.07) is 10.2. The van der Waals surface area contributed by atoms with Gasteiger partial charge in [-0.1, -0.05) is 18.6 Å². The van der Waals surface area contributed by atoms with Gasteiger partial charge < -0.3 is 5.32 Å². The number of nitrogens with zero attached hydrogens (tertiary/aromatic N) is 1. The molecule has 1 aliphatic heterocycles. The van der Waals surface area contributed by atoms with Crippen LogP contribution in [0.2, 0.25) is 0 Å². The second kappa shape index (κ2) is 7.60. The second-order valence-electron chi connectivity index (χ2n) is 5.80. The molecule has 1 aromatic rings. The maximum absolute atomic E-state index is 3.66. The summed E-state index contributed by atoms with van der Waals surface area (Å²) < 4.78 is 1.31. The minimum absolute atomic E-state index is 0.600. The van der Waals surface area contributed by atoms with Crippen molar-refractivity contribution in [3.05, 3.63) is 33.4 Å². The van der Waals surface area contributed by atoms with E-state index in [0.29, 0.717) is 12.1 Å². The molecular weight excluding hydrogens is 347 g/mol. The van der Waals surface area contributed by atoms with Crippen LogP contribution in [0.1, 0.15) is 38.7 Å². The van der Waals surface area contributed by atoms with Gasteiger partial charge in [0.2, 0.25) is 0 Å². The number of hydrogen-bond donors (Lipinski definition) is 1. The monoisotopic (exact) mass is 372 g/mol. The number of benzene rings is 1. The molecule has 0 aromatic heterocycles. The molecule has 3 heteroatoms. The lowest BCUT2D eigenvalue weighted by molar-refractivity contribution is 0.177. The highest BCUT2D eigenvalue weighted by molar-refractivity contribution is 14.1. The van der Waals surface area contributed by atoms with Crippen molar-refractivity contribution in [2.75, 3.05) is 13.1 Å². The molecule has 0 bridgehead atoms. The predicted octanol–water partition coefficient (Wildman–Crippen LogP) is 3.64. The summed E-state index contributed by atoms with van der Waals surface area (Å²) in [5.74, 6) is 0. The third-order valence-corrected chi connectivity index (χ3v) is 4.62. The first kappa shape index (κ1) is 15.3. The predicted molar refractivity (Wildman–Crippen MR) is 90.3 cm³/mol. The van der Waals surface area contributed by atoms with Gasteiger partial charge in [0.25, 0.3) is 0 Å². The van der Waals surface area contributed by atoms with Gasteiger partial charge in [0.1, 0.15) is 0 Å². The van der Waals surface area contributed by atoms with Crippen molar-refractivity contribution < 1.29 is 0 Å². The quantitative estimate of drug-likeness (QED) is 0.794. The van der Waals surface area contributed by atoms with E-state index in [0.717, 1.165) is 6.54 Å². The summed E-state index contributed by atoms with van der Waals surface area (Å²) in [5.41, 5.74) is 1.42. The third-order valence-electron chi connectivity index (χ3n) is 3.90. The standard InChI is InChI=1S/C16H25IN2/c1-13(2)19(12-16-5-3-4-10-18-16)11-14-6-8-15(17)9-7-14/h6-9,13,16,18H,3-5,10-12H2,1-2H3. The number of hydrogen-bond acceptors (Lipinski definition) is 2. The zero-order valence-electron chi connectivity index (χ0n) is 12.0. The summed E-state index contributed by atoms with van der Waals surface area (Å²) in [5, 5.41) is 3.66. The van der Waals surface area contributed by atoms with E-state index in [1.54, 1.807) is 0 Å². The Morgan fingerprint density at radius 1 is 1.26 bits per heavy atom. The van der Waals surface area contributed by atoms with Gasteiger partial charge in [0, 0.05) is 28.7 Å². The third kappa shape index (κ3) is 5.04. The molecule has 19 heavy (non-hydrogen) atoms. The van der Waals surface area contributed by atoms with Crippen molar-refractivity contribution >= 4 is 22.6 Å². The van der Waals surface area contributed by atoms with Crippen molar-refractivity contribution in [2.24, 2.45) is 0 Å². The molecular formula is C16H25IN2. The van der Waals surface area contributed by atoms with Gasteiger partial charge in [-0.2, -0.15) is 0 Å². The minimum Gasteiger partial charge on any atom is -0.313 e. The zero-order chi connectivity index (χ0) is 13.7. The molecule has 1 fully saturated rings. The molecule has 1 heterocycles. The minimum atomic E-state index is 0.600. The Balaban J connectivity index is 1.93. The van der Waals surface area contributed by atoms with Gasteiger partial charge in [-0.3, -0.25) is 4.90 Å². The highest BCUT2D eigenvalue weighted by Gasteiger charge is 2.18. The van der Waals surface area contributed by atoms with Crippen molar-refractivity contribution in [3.63, 3.8) is 0 Å². The largest absolute Gasteiger partial charge is 0.313 e. The Morgan fingerprint density at radius 3 is 2.58 bits per heavy atom. The summed E-state index contributed by atoms with van der Waals surface area (Å²) in [7, 11) is 0. The molecule has 2 rings (SSSR count). The normalized spacial score (nSPS) is 20.2. The fraction of sp³-hybridized carbons (Fsp3) is 0.625. The highest BCUT2D eigenvalue weighted by Crippen LogP contribution is 2.14. The van der Waals surface area contributed by atoms with Crippen LogP contribution in [0.5, 0.6) is 0 Å². The molecule has 2 nitrogen and oxygen atoms in total. The van der Waals surface area contributed by atoms with E-state index in [1.807, 2.05) is 0 Å². The average molecular weight is 372 g/mol. The van der Waals surface area contributed by atoms with Crippen LogP contribution in [0.3, 0.4) is 0 Å². The van der Waals surface area contributed by atoms with E-state index in [4.69, 9.17) is 0 Å². The Bertz CT molecular complexity index is 369. The molecule has 1 unspecified atom stereocenters. The number of piperidine rings is 1. The SMILES string of the molecule is CC(C)N(Cc1ccc(I)cc1)CC1CCCCN1. The van der Waals surface area contributed by atoms with Gasteiger partial charge >= 0.3 is 0 Å². The van der Waals surface area contributed by atoms with Gasteiger partial charge in [-0.25, -0.2) is 0 Å². The van der Waals surface area contributed by atoms with Crippen LogP contribution in [0, 0.1) is 3.57 Å². The summed E-state index contributed by atoms with van der Waals surface area (Å²) in [6.45, 7) is 8.03. The molecule has 1 saturated heterocycles. The fourth-order valence-electron chi connectivity index (χ4n) is 2.65. The Morgan fingerprint density at radius 2 is 2.00 bits per heavy atom. The van der Waals surface area contributed by atoms with Crippen LogP contribution in [-0.2, 0) is 6.54 Å².